The quantitative estimate of drug-likeness (QED) is 0.587. The number of sulfonamides is 1. The Kier molecular flexibility index (Phi) is 6.26. The van der Waals surface area contributed by atoms with Crippen LogP contribution in [-0.4, -0.2) is 46.8 Å². The molecule has 0 saturated carbocycles. The van der Waals surface area contributed by atoms with Crippen molar-refractivity contribution in [3.63, 3.8) is 0 Å². The van der Waals surface area contributed by atoms with Crippen LogP contribution in [0.4, 0.5) is 4.79 Å². The number of nitrogens with zero attached hydrogens (tertiary/aromatic N) is 4. The first-order chi connectivity index (χ1) is 15.0. The van der Waals surface area contributed by atoms with Crippen molar-refractivity contribution >= 4 is 27.0 Å². The van der Waals surface area contributed by atoms with Gasteiger partial charge in [-0.15, -0.1) is 4.68 Å². The van der Waals surface area contributed by atoms with E-state index in [1.165, 1.54) is 0 Å². The van der Waals surface area contributed by atoms with Crippen molar-refractivity contribution in [3.8, 4) is 11.3 Å². The molecule has 1 aromatic carbocycles. The van der Waals surface area contributed by atoms with Gasteiger partial charge in [0, 0.05) is 18.8 Å². The Balaban J connectivity index is 2.36. The zero-order valence-corrected chi connectivity index (χ0v) is 19.3. The van der Waals surface area contributed by atoms with Crippen molar-refractivity contribution in [3.05, 3.63) is 50.8 Å². The van der Waals surface area contributed by atoms with Gasteiger partial charge in [0.2, 0.25) is 0 Å². The normalized spacial score (nSPS) is 11.8. The van der Waals surface area contributed by atoms with E-state index in [4.69, 9.17) is 4.74 Å². The number of carbonyl (C=O) groups excluding carboxylic acids is 1. The smallest absolute Gasteiger partial charge is 0.444 e. The Morgan fingerprint density at radius 3 is 2.50 bits per heavy atom. The molecule has 11 nitrogen and oxygen atoms in total. The van der Waals surface area contributed by atoms with Gasteiger partial charge >= 0.3 is 11.8 Å². The molecule has 12 heteroatoms. The van der Waals surface area contributed by atoms with Crippen molar-refractivity contribution in [2.24, 2.45) is 7.05 Å². The van der Waals surface area contributed by atoms with Crippen LogP contribution in [0.2, 0.25) is 0 Å². The van der Waals surface area contributed by atoms with Crippen LogP contribution in [0.15, 0.2) is 34.0 Å². The molecule has 0 saturated heterocycles. The van der Waals surface area contributed by atoms with E-state index in [1.807, 2.05) is 13.8 Å². The van der Waals surface area contributed by atoms with Gasteiger partial charge in [-0.05, 0) is 36.1 Å². The summed E-state index contributed by atoms with van der Waals surface area (Å²) in [5, 5.41) is 4.20. The Morgan fingerprint density at radius 1 is 1.28 bits per heavy atom. The Hall–Kier alpha value is -3.41. The second-order valence-electron chi connectivity index (χ2n) is 7.65. The second kappa shape index (κ2) is 8.61. The van der Waals surface area contributed by atoms with Crippen molar-refractivity contribution in [1.82, 2.24) is 19.4 Å². The summed E-state index contributed by atoms with van der Waals surface area (Å²) in [6.45, 7) is 5.58. The first-order valence-corrected chi connectivity index (χ1v) is 11.8. The maximum absolute atomic E-state index is 13.3. The molecule has 0 bridgehead atoms. The fraction of sp³-hybridized carbons (Fsp3) is 0.400. The van der Waals surface area contributed by atoms with E-state index in [9.17, 15) is 22.8 Å². The van der Waals surface area contributed by atoms with Crippen LogP contribution in [-0.2, 0) is 21.8 Å². The van der Waals surface area contributed by atoms with Gasteiger partial charge in [-0.25, -0.2) is 18.0 Å². The van der Waals surface area contributed by atoms with Gasteiger partial charge in [0.05, 0.1) is 29.5 Å². The van der Waals surface area contributed by atoms with Crippen molar-refractivity contribution < 1.29 is 17.9 Å². The summed E-state index contributed by atoms with van der Waals surface area (Å²) in [5.74, 6) is 0.0479. The SMILES string of the molecule is CCCOC(=O)N(n1c(=O)[nH]c2cc(C(C)C)c(-c3ccnn3C)cc2c1=O)S(C)(=O)=O. The van der Waals surface area contributed by atoms with Crippen LogP contribution >= 0.6 is 0 Å². The van der Waals surface area contributed by atoms with Gasteiger partial charge in [-0.1, -0.05) is 25.2 Å². The first-order valence-electron chi connectivity index (χ1n) is 9.96. The highest BCUT2D eigenvalue weighted by Gasteiger charge is 2.31. The van der Waals surface area contributed by atoms with Crippen LogP contribution in [0.5, 0.6) is 0 Å². The van der Waals surface area contributed by atoms with Crippen LogP contribution < -0.4 is 15.7 Å². The number of carbonyl (C=O) groups is 1. The van der Waals surface area contributed by atoms with E-state index >= 15 is 0 Å². The lowest BCUT2D eigenvalue weighted by molar-refractivity contribution is 0.152. The summed E-state index contributed by atoms with van der Waals surface area (Å²) in [4.78, 5) is 41.0. The van der Waals surface area contributed by atoms with E-state index < -0.39 is 27.4 Å². The minimum Gasteiger partial charge on any atom is -0.447 e. The van der Waals surface area contributed by atoms with Gasteiger partial charge in [0.25, 0.3) is 15.6 Å². The summed E-state index contributed by atoms with van der Waals surface area (Å²) in [6.07, 6.45) is 1.41. The monoisotopic (exact) mass is 463 g/mol. The molecule has 2 heterocycles. The number of hydrogen-bond acceptors (Lipinski definition) is 7. The predicted octanol–water partition coefficient (Wildman–Crippen LogP) is 1.66. The van der Waals surface area contributed by atoms with Crippen molar-refractivity contribution in [2.75, 3.05) is 17.3 Å². The summed E-state index contributed by atoms with van der Waals surface area (Å²) in [6, 6.07) is 5.02. The van der Waals surface area contributed by atoms with Gasteiger partial charge in [-0.3, -0.25) is 9.48 Å². The van der Waals surface area contributed by atoms with E-state index in [-0.39, 0.29) is 32.5 Å². The number of hydrogen-bond donors (Lipinski definition) is 1. The molecule has 3 rings (SSSR count). The average molecular weight is 464 g/mol. The lowest BCUT2D eigenvalue weighted by Gasteiger charge is -2.21. The third-order valence-electron chi connectivity index (χ3n) is 4.85. The third-order valence-corrected chi connectivity index (χ3v) is 5.79. The minimum absolute atomic E-state index is 0.0298. The summed E-state index contributed by atoms with van der Waals surface area (Å²) >= 11 is 0. The van der Waals surface area contributed by atoms with Crippen LogP contribution in [0.3, 0.4) is 0 Å². The largest absolute Gasteiger partial charge is 0.447 e. The first kappa shape index (κ1) is 23.3. The number of rotatable bonds is 6. The van der Waals surface area contributed by atoms with E-state index in [0.717, 1.165) is 11.3 Å². The molecule has 0 atom stereocenters. The van der Waals surface area contributed by atoms with E-state index in [0.29, 0.717) is 18.2 Å². The number of aryl methyl sites for hydroxylation is 1. The number of benzene rings is 1. The van der Waals surface area contributed by atoms with Crippen molar-refractivity contribution in [1.29, 1.82) is 0 Å². The Labute approximate surface area is 184 Å². The lowest BCUT2D eigenvalue weighted by atomic mass is 9.93. The Bertz CT molecular complexity index is 1400. The molecule has 32 heavy (non-hydrogen) atoms. The molecule has 1 N–H and O–H groups in total. The highest BCUT2D eigenvalue weighted by Crippen LogP contribution is 2.31. The molecule has 0 radical (unpaired) electrons. The van der Waals surface area contributed by atoms with Crippen molar-refractivity contribution in [2.45, 2.75) is 33.1 Å². The lowest BCUT2D eigenvalue weighted by Crippen LogP contribution is -2.56. The number of fused-ring (bicyclic) bond motifs is 1. The maximum Gasteiger partial charge on any atom is 0.444 e. The summed E-state index contributed by atoms with van der Waals surface area (Å²) < 4.78 is 31.5. The zero-order valence-electron chi connectivity index (χ0n) is 18.4. The molecule has 0 aliphatic heterocycles. The molecule has 0 spiro atoms. The number of nitrogens with one attached hydrogen (secondary N) is 1. The number of amides is 1. The van der Waals surface area contributed by atoms with Gasteiger partial charge in [0.15, 0.2) is 0 Å². The molecule has 0 aliphatic carbocycles. The van der Waals surface area contributed by atoms with Crippen LogP contribution in [0.25, 0.3) is 22.2 Å². The number of aromatic nitrogens is 4. The molecule has 3 aromatic rings. The number of ether oxygens (including phenoxy) is 1. The fourth-order valence-electron chi connectivity index (χ4n) is 3.38. The van der Waals surface area contributed by atoms with Gasteiger partial charge in [-0.2, -0.15) is 5.10 Å². The van der Waals surface area contributed by atoms with E-state index in [2.05, 4.69) is 10.1 Å². The van der Waals surface area contributed by atoms with Gasteiger partial charge < -0.3 is 9.72 Å². The molecule has 0 aliphatic rings. The molecule has 0 fully saturated rings. The third kappa shape index (κ3) is 4.17. The summed E-state index contributed by atoms with van der Waals surface area (Å²) in [7, 11) is -2.60. The zero-order chi connectivity index (χ0) is 23.8. The topological polar surface area (TPSA) is 136 Å². The van der Waals surface area contributed by atoms with Gasteiger partial charge in [0.1, 0.15) is 0 Å². The highest BCUT2D eigenvalue weighted by molar-refractivity contribution is 7.92. The standard InChI is InChI=1S/C20H25N5O6S/c1-6-9-31-20(28)25(32(5,29)30)24-18(26)15-10-14(17-7-8-21-23(17)4)13(12(2)3)11-16(15)22-19(24)27/h7-8,10-12H,6,9H2,1-5H3,(H,22,27). The fourth-order valence-corrected chi connectivity index (χ4v) is 4.15. The molecule has 1 amide bonds. The number of H-pyrrole nitrogens is 1. The molecular weight excluding hydrogens is 438 g/mol. The van der Waals surface area contributed by atoms with Crippen LogP contribution in [0.1, 0.15) is 38.7 Å². The molecule has 0 unspecified atom stereocenters. The average Bonchev–Trinajstić information content (AvgIpc) is 3.13. The summed E-state index contributed by atoms with van der Waals surface area (Å²) in [5.41, 5.74) is 0.459. The molecular formula is C20H25N5O6S. The maximum atomic E-state index is 13.3. The highest BCUT2D eigenvalue weighted by atomic mass is 32.2. The predicted molar refractivity (Wildman–Crippen MR) is 120 cm³/mol. The minimum atomic E-state index is -4.36. The second-order valence-corrected chi connectivity index (χ2v) is 9.46. The van der Waals surface area contributed by atoms with E-state index in [1.54, 1.807) is 43.0 Å². The van der Waals surface area contributed by atoms with Crippen LogP contribution in [0, 0.1) is 0 Å². The molecule has 172 valence electrons. The molecule has 2 aromatic heterocycles. The Morgan fingerprint density at radius 2 is 1.97 bits per heavy atom. The number of aromatic amines is 1.